The number of hydrogen-bond acceptors (Lipinski definition) is 2. The summed E-state index contributed by atoms with van der Waals surface area (Å²) in [5, 5.41) is 0. The molecule has 2 nitrogen and oxygen atoms in total. The fourth-order valence-electron chi connectivity index (χ4n) is 2.48. The van der Waals surface area contributed by atoms with Crippen LogP contribution in [0.5, 0.6) is 0 Å². The van der Waals surface area contributed by atoms with Crippen molar-refractivity contribution < 1.29 is 0 Å². The Morgan fingerprint density at radius 1 is 1.40 bits per heavy atom. The van der Waals surface area contributed by atoms with E-state index in [0.29, 0.717) is 11.0 Å². The van der Waals surface area contributed by atoms with Crippen molar-refractivity contribution in [2.75, 3.05) is 7.05 Å². The minimum Gasteiger partial charge on any atom is -0.392 e. The molecule has 0 aromatic rings. The molecule has 0 aromatic carbocycles. The molecule has 0 saturated heterocycles. The Balaban J connectivity index is 2.42. The predicted molar refractivity (Wildman–Crippen MR) is 70.0 cm³/mol. The summed E-state index contributed by atoms with van der Waals surface area (Å²) in [4.78, 5) is 2.98. The fourth-order valence-corrected chi connectivity index (χ4v) is 2.64. The average molecular weight is 228 g/mol. The van der Waals surface area contributed by atoms with Crippen LogP contribution in [0, 0.1) is 5.92 Å². The highest BCUT2D eigenvalue weighted by Crippen LogP contribution is 2.29. The summed E-state index contributed by atoms with van der Waals surface area (Å²) in [5.41, 5.74) is 5.69. The van der Waals surface area contributed by atoms with Crippen LogP contribution in [0.15, 0.2) is 0 Å². The number of thiocarbonyl (C=S) groups is 1. The number of hydrogen-bond donors (Lipinski definition) is 1. The standard InChI is InChI=1S/C12H24N2S/c1-4-10-5-7-11(8-6-10)14(3)9(2)12(13)15/h9-11H,4-8H2,1-3H3,(H2,13,15). The van der Waals surface area contributed by atoms with Gasteiger partial charge < -0.3 is 5.73 Å². The van der Waals surface area contributed by atoms with Gasteiger partial charge in [0.25, 0.3) is 0 Å². The Morgan fingerprint density at radius 2 is 1.93 bits per heavy atom. The van der Waals surface area contributed by atoms with E-state index in [9.17, 15) is 0 Å². The van der Waals surface area contributed by atoms with E-state index in [1.54, 1.807) is 0 Å². The minimum absolute atomic E-state index is 0.239. The van der Waals surface area contributed by atoms with E-state index < -0.39 is 0 Å². The van der Waals surface area contributed by atoms with E-state index in [1.807, 2.05) is 0 Å². The summed E-state index contributed by atoms with van der Waals surface area (Å²) >= 11 is 5.05. The normalized spacial score (nSPS) is 29.1. The Kier molecular flexibility index (Phi) is 5.00. The number of nitrogens with two attached hydrogens (primary N) is 1. The van der Waals surface area contributed by atoms with Gasteiger partial charge >= 0.3 is 0 Å². The molecular formula is C12H24N2S. The second-order valence-corrected chi connectivity index (χ2v) is 5.30. The van der Waals surface area contributed by atoms with Crippen molar-refractivity contribution in [1.29, 1.82) is 0 Å². The molecule has 0 heterocycles. The zero-order valence-corrected chi connectivity index (χ0v) is 11.0. The molecule has 2 N–H and O–H groups in total. The van der Waals surface area contributed by atoms with Gasteiger partial charge in [-0.2, -0.15) is 0 Å². The maximum atomic E-state index is 5.69. The predicted octanol–water partition coefficient (Wildman–Crippen LogP) is 2.56. The minimum atomic E-state index is 0.239. The molecule has 88 valence electrons. The van der Waals surface area contributed by atoms with Crippen LogP contribution in [-0.4, -0.2) is 29.0 Å². The molecule has 1 saturated carbocycles. The molecule has 1 aliphatic rings. The highest BCUT2D eigenvalue weighted by atomic mass is 32.1. The zero-order valence-electron chi connectivity index (χ0n) is 10.2. The van der Waals surface area contributed by atoms with E-state index in [-0.39, 0.29) is 6.04 Å². The van der Waals surface area contributed by atoms with Crippen LogP contribution in [0.4, 0.5) is 0 Å². The molecule has 0 spiro atoms. The molecule has 1 fully saturated rings. The van der Waals surface area contributed by atoms with Crippen LogP contribution in [-0.2, 0) is 0 Å². The quantitative estimate of drug-likeness (QED) is 0.750. The van der Waals surface area contributed by atoms with Crippen LogP contribution < -0.4 is 5.73 Å². The monoisotopic (exact) mass is 228 g/mol. The molecule has 1 atom stereocenters. The highest BCUT2D eigenvalue weighted by Gasteiger charge is 2.26. The molecule has 1 unspecified atom stereocenters. The maximum absolute atomic E-state index is 5.69. The van der Waals surface area contributed by atoms with Crippen LogP contribution >= 0.6 is 12.2 Å². The lowest BCUT2D eigenvalue weighted by Gasteiger charge is -2.37. The van der Waals surface area contributed by atoms with Crippen LogP contribution in [0.3, 0.4) is 0 Å². The number of nitrogens with zero attached hydrogens (tertiary/aromatic N) is 1. The Morgan fingerprint density at radius 3 is 2.33 bits per heavy atom. The van der Waals surface area contributed by atoms with Crippen molar-refractivity contribution in [1.82, 2.24) is 4.90 Å². The van der Waals surface area contributed by atoms with Gasteiger partial charge in [0.2, 0.25) is 0 Å². The smallest absolute Gasteiger partial charge is 0.0899 e. The highest BCUT2D eigenvalue weighted by molar-refractivity contribution is 7.80. The lowest BCUT2D eigenvalue weighted by atomic mass is 9.84. The van der Waals surface area contributed by atoms with Crippen molar-refractivity contribution in [3.63, 3.8) is 0 Å². The molecule has 1 aliphatic carbocycles. The Hall–Kier alpha value is -0.150. The third-order valence-electron chi connectivity index (χ3n) is 3.99. The number of rotatable bonds is 4. The van der Waals surface area contributed by atoms with E-state index in [2.05, 4.69) is 25.8 Å². The summed E-state index contributed by atoms with van der Waals surface area (Å²) in [7, 11) is 2.15. The van der Waals surface area contributed by atoms with Gasteiger partial charge in [-0.25, -0.2) is 0 Å². The lowest BCUT2D eigenvalue weighted by Crippen LogP contribution is -2.46. The van der Waals surface area contributed by atoms with Gasteiger partial charge in [-0.05, 0) is 45.6 Å². The average Bonchev–Trinajstić information content (AvgIpc) is 2.27. The van der Waals surface area contributed by atoms with Gasteiger partial charge in [-0.1, -0.05) is 25.6 Å². The molecule has 0 amide bonds. The van der Waals surface area contributed by atoms with Gasteiger partial charge in [0, 0.05) is 6.04 Å². The van der Waals surface area contributed by atoms with E-state index in [0.717, 1.165) is 5.92 Å². The van der Waals surface area contributed by atoms with E-state index in [4.69, 9.17) is 18.0 Å². The van der Waals surface area contributed by atoms with Crippen molar-refractivity contribution in [3.8, 4) is 0 Å². The second-order valence-electron chi connectivity index (χ2n) is 4.83. The van der Waals surface area contributed by atoms with E-state index >= 15 is 0 Å². The summed E-state index contributed by atoms with van der Waals surface area (Å²) < 4.78 is 0. The van der Waals surface area contributed by atoms with Gasteiger partial charge in [0.15, 0.2) is 0 Å². The van der Waals surface area contributed by atoms with Crippen LogP contribution in [0.2, 0.25) is 0 Å². The largest absolute Gasteiger partial charge is 0.392 e. The Labute approximate surface area is 99.2 Å². The fraction of sp³-hybridized carbons (Fsp3) is 0.917. The third-order valence-corrected chi connectivity index (χ3v) is 4.33. The third kappa shape index (κ3) is 3.42. The molecule has 0 aromatic heterocycles. The summed E-state index contributed by atoms with van der Waals surface area (Å²) in [6, 6.07) is 0.924. The van der Waals surface area contributed by atoms with Crippen molar-refractivity contribution in [2.24, 2.45) is 11.7 Å². The molecule has 0 aliphatic heterocycles. The van der Waals surface area contributed by atoms with Gasteiger partial charge in [-0.15, -0.1) is 0 Å². The molecule has 0 bridgehead atoms. The molecule has 1 rings (SSSR count). The first-order chi connectivity index (χ1) is 7.06. The summed E-state index contributed by atoms with van der Waals surface area (Å²) in [5.74, 6) is 0.954. The summed E-state index contributed by atoms with van der Waals surface area (Å²) in [6.45, 7) is 4.40. The molecule has 3 heteroatoms. The van der Waals surface area contributed by atoms with Gasteiger partial charge in [-0.3, -0.25) is 4.90 Å². The second kappa shape index (κ2) is 5.80. The topological polar surface area (TPSA) is 29.3 Å². The van der Waals surface area contributed by atoms with Crippen molar-refractivity contribution >= 4 is 17.2 Å². The van der Waals surface area contributed by atoms with Crippen molar-refractivity contribution in [3.05, 3.63) is 0 Å². The van der Waals surface area contributed by atoms with Crippen LogP contribution in [0.1, 0.15) is 46.0 Å². The van der Waals surface area contributed by atoms with E-state index in [1.165, 1.54) is 32.1 Å². The first-order valence-corrected chi connectivity index (χ1v) is 6.48. The summed E-state index contributed by atoms with van der Waals surface area (Å²) in [6.07, 6.45) is 6.69. The molecule has 0 radical (unpaired) electrons. The first kappa shape index (κ1) is 12.9. The first-order valence-electron chi connectivity index (χ1n) is 6.07. The van der Waals surface area contributed by atoms with Crippen molar-refractivity contribution in [2.45, 2.75) is 58.0 Å². The molecular weight excluding hydrogens is 204 g/mol. The van der Waals surface area contributed by atoms with Crippen LogP contribution in [0.25, 0.3) is 0 Å². The maximum Gasteiger partial charge on any atom is 0.0899 e. The van der Waals surface area contributed by atoms with Gasteiger partial charge in [0.1, 0.15) is 0 Å². The zero-order chi connectivity index (χ0) is 11.4. The number of likely N-dealkylation sites (N-methyl/N-ethyl adjacent to an activating group) is 1. The van der Waals surface area contributed by atoms with Gasteiger partial charge in [0.05, 0.1) is 11.0 Å². The Bertz CT molecular complexity index is 210. The molecule has 15 heavy (non-hydrogen) atoms. The lowest BCUT2D eigenvalue weighted by molar-refractivity contribution is 0.152. The SMILES string of the molecule is CCC1CCC(N(C)C(C)C(N)=S)CC1.